The molecule has 1 unspecified atom stereocenters. The zero-order valence-electron chi connectivity index (χ0n) is 46.1. The molecule has 0 N–H and O–H groups in total. The fraction of sp³-hybridized carbons (Fsp3) is 0.825. The van der Waals surface area contributed by atoms with Crippen LogP contribution in [-0.4, -0.2) is 37.2 Å². The van der Waals surface area contributed by atoms with Gasteiger partial charge < -0.3 is 14.2 Å². The molecular weight excluding hydrogens is 853 g/mol. The molecule has 0 aromatic carbocycles. The average molecular weight is 968 g/mol. The Morgan fingerprint density at radius 1 is 0.290 bits per heavy atom. The van der Waals surface area contributed by atoms with Crippen LogP contribution in [0.25, 0.3) is 0 Å². The third kappa shape index (κ3) is 56.2. The molecule has 0 aliphatic heterocycles. The van der Waals surface area contributed by atoms with Gasteiger partial charge in [0.1, 0.15) is 13.2 Å². The van der Waals surface area contributed by atoms with Gasteiger partial charge in [-0.05, 0) is 77.0 Å². The van der Waals surface area contributed by atoms with Crippen LogP contribution in [0, 0.1) is 0 Å². The van der Waals surface area contributed by atoms with Crippen LogP contribution in [0.4, 0.5) is 0 Å². The van der Waals surface area contributed by atoms with Gasteiger partial charge in [-0.1, -0.05) is 268 Å². The summed E-state index contributed by atoms with van der Waals surface area (Å²) in [7, 11) is 0. The molecule has 402 valence electrons. The van der Waals surface area contributed by atoms with Gasteiger partial charge in [0.25, 0.3) is 0 Å². The predicted octanol–water partition coefficient (Wildman–Crippen LogP) is 20.2. The van der Waals surface area contributed by atoms with Crippen molar-refractivity contribution in [1.29, 1.82) is 0 Å². The van der Waals surface area contributed by atoms with Gasteiger partial charge in [-0.3, -0.25) is 14.4 Å². The number of carbonyl (C=O) groups excluding carboxylic acids is 3. The van der Waals surface area contributed by atoms with E-state index in [2.05, 4.69) is 69.4 Å². The van der Waals surface area contributed by atoms with Crippen LogP contribution < -0.4 is 0 Å². The van der Waals surface area contributed by atoms with Crippen molar-refractivity contribution in [2.75, 3.05) is 13.2 Å². The Hall–Kier alpha value is -2.63. The standard InChI is InChI=1S/C63H114O6/c1-4-7-10-13-16-19-22-25-28-29-30-31-32-33-34-36-38-41-44-47-50-53-56-62(65)68-59-60(58-67-61(64)55-52-49-46-43-40-37-27-24-21-18-15-12-9-6-3)69-63(66)57-54-51-48-45-42-39-35-26-23-20-17-14-11-8-5-2/h15,17-18,20,24,26-27,35,60H,4-14,16,19,21-23,25,28-34,36-59H2,1-3H3/b18-15-,20-17-,27-24-,35-26-. The molecule has 0 aliphatic rings. The van der Waals surface area contributed by atoms with Crippen molar-refractivity contribution in [2.24, 2.45) is 0 Å². The minimum atomic E-state index is -0.784. The Kier molecular flexibility index (Phi) is 55.7. The van der Waals surface area contributed by atoms with E-state index in [-0.39, 0.29) is 31.1 Å². The first-order chi connectivity index (χ1) is 34.0. The fourth-order valence-electron chi connectivity index (χ4n) is 8.73. The molecule has 0 amide bonds. The quantitative estimate of drug-likeness (QED) is 0.0262. The molecule has 6 nitrogen and oxygen atoms in total. The van der Waals surface area contributed by atoms with Crippen molar-refractivity contribution in [1.82, 2.24) is 0 Å². The Morgan fingerprint density at radius 3 is 0.870 bits per heavy atom. The van der Waals surface area contributed by atoms with E-state index in [1.807, 2.05) is 0 Å². The van der Waals surface area contributed by atoms with Crippen LogP contribution in [0.2, 0.25) is 0 Å². The third-order valence-electron chi connectivity index (χ3n) is 13.3. The molecule has 0 aromatic heterocycles. The van der Waals surface area contributed by atoms with Gasteiger partial charge in [-0.25, -0.2) is 0 Å². The number of ether oxygens (including phenoxy) is 3. The lowest BCUT2D eigenvalue weighted by Crippen LogP contribution is -2.30. The second-order valence-electron chi connectivity index (χ2n) is 20.3. The van der Waals surface area contributed by atoms with Gasteiger partial charge in [-0.2, -0.15) is 0 Å². The van der Waals surface area contributed by atoms with E-state index < -0.39 is 6.10 Å². The van der Waals surface area contributed by atoms with Gasteiger partial charge in [0.15, 0.2) is 6.10 Å². The molecule has 0 heterocycles. The zero-order valence-corrected chi connectivity index (χ0v) is 46.1. The van der Waals surface area contributed by atoms with E-state index in [0.717, 1.165) is 103 Å². The predicted molar refractivity (Wildman–Crippen MR) is 298 cm³/mol. The first-order valence-corrected chi connectivity index (χ1v) is 30.1. The fourth-order valence-corrected chi connectivity index (χ4v) is 8.73. The number of hydrogen-bond donors (Lipinski definition) is 0. The van der Waals surface area contributed by atoms with E-state index in [1.54, 1.807) is 0 Å². The van der Waals surface area contributed by atoms with E-state index in [9.17, 15) is 14.4 Å². The smallest absolute Gasteiger partial charge is 0.306 e. The van der Waals surface area contributed by atoms with E-state index in [0.29, 0.717) is 19.3 Å². The largest absolute Gasteiger partial charge is 0.462 e. The average Bonchev–Trinajstić information content (AvgIpc) is 3.35. The summed E-state index contributed by atoms with van der Waals surface area (Å²) in [5, 5.41) is 0. The molecule has 0 aliphatic carbocycles. The van der Waals surface area contributed by atoms with Crippen molar-refractivity contribution >= 4 is 17.9 Å². The molecule has 0 radical (unpaired) electrons. The lowest BCUT2D eigenvalue weighted by atomic mass is 10.0. The second-order valence-corrected chi connectivity index (χ2v) is 20.3. The van der Waals surface area contributed by atoms with Crippen molar-refractivity contribution < 1.29 is 28.6 Å². The number of hydrogen-bond acceptors (Lipinski definition) is 6. The Balaban J connectivity index is 4.31. The molecule has 1 atom stereocenters. The lowest BCUT2D eigenvalue weighted by Gasteiger charge is -2.18. The van der Waals surface area contributed by atoms with Crippen LogP contribution in [0.15, 0.2) is 48.6 Å². The van der Waals surface area contributed by atoms with Gasteiger partial charge in [0.05, 0.1) is 0 Å². The van der Waals surface area contributed by atoms with Gasteiger partial charge >= 0.3 is 17.9 Å². The summed E-state index contributed by atoms with van der Waals surface area (Å²) in [6, 6.07) is 0. The van der Waals surface area contributed by atoms with Crippen LogP contribution in [0.5, 0.6) is 0 Å². The normalized spacial score (nSPS) is 12.3. The number of esters is 3. The van der Waals surface area contributed by atoms with Gasteiger partial charge in [0, 0.05) is 19.3 Å². The Morgan fingerprint density at radius 2 is 0.536 bits per heavy atom. The summed E-state index contributed by atoms with van der Waals surface area (Å²) in [4.78, 5) is 38.2. The van der Waals surface area contributed by atoms with Crippen LogP contribution in [0.3, 0.4) is 0 Å². The topological polar surface area (TPSA) is 78.9 Å². The van der Waals surface area contributed by atoms with Gasteiger partial charge in [0.2, 0.25) is 0 Å². The first kappa shape index (κ1) is 66.4. The minimum absolute atomic E-state index is 0.0804. The molecule has 0 saturated carbocycles. The second kappa shape index (κ2) is 57.9. The van der Waals surface area contributed by atoms with E-state index in [4.69, 9.17) is 14.2 Å². The summed E-state index contributed by atoms with van der Waals surface area (Å²) in [6.45, 7) is 6.59. The number of unbranched alkanes of at least 4 members (excludes halogenated alkanes) is 36. The first-order valence-electron chi connectivity index (χ1n) is 30.1. The Bertz CT molecular complexity index is 1200. The van der Waals surface area contributed by atoms with Crippen molar-refractivity contribution in [3.8, 4) is 0 Å². The SMILES string of the molecule is CCCC/C=C\C/C=C\CCCCCCCC(=O)OCC(COC(=O)CCCCCCCCCCCCCCCCCCCCCCCC)OC(=O)CCCCCCC/C=C\C/C=C\CCCCC. The molecule has 0 spiro atoms. The van der Waals surface area contributed by atoms with Crippen molar-refractivity contribution in [3.05, 3.63) is 48.6 Å². The van der Waals surface area contributed by atoms with E-state index in [1.165, 1.54) is 173 Å². The maximum Gasteiger partial charge on any atom is 0.306 e. The maximum atomic E-state index is 12.8. The highest BCUT2D eigenvalue weighted by molar-refractivity contribution is 5.71. The highest BCUT2D eigenvalue weighted by Gasteiger charge is 2.19. The van der Waals surface area contributed by atoms with Crippen molar-refractivity contribution in [3.63, 3.8) is 0 Å². The van der Waals surface area contributed by atoms with Gasteiger partial charge in [-0.15, -0.1) is 0 Å². The molecule has 0 saturated heterocycles. The summed E-state index contributed by atoms with van der Waals surface area (Å²) in [5.74, 6) is -0.893. The minimum Gasteiger partial charge on any atom is -0.462 e. The number of carbonyl (C=O) groups is 3. The number of rotatable bonds is 55. The maximum absolute atomic E-state index is 12.8. The number of allylic oxidation sites excluding steroid dienone is 8. The molecule has 69 heavy (non-hydrogen) atoms. The summed E-state index contributed by atoms with van der Waals surface area (Å²) >= 11 is 0. The highest BCUT2D eigenvalue weighted by atomic mass is 16.6. The monoisotopic (exact) mass is 967 g/mol. The zero-order chi connectivity index (χ0) is 50.0. The highest BCUT2D eigenvalue weighted by Crippen LogP contribution is 2.17. The summed E-state index contributed by atoms with van der Waals surface area (Å²) < 4.78 is 16.9. The molecule has 0 rings (SSSR count). The third-order valence-corrected chi connectivity index (χ3v) is 13.3. The van der Waals surface area contributed by atoms with Crippen LogP contribution in [0.1, 0.15) is 316 Å². The van der Waals surface area contributed by atoms with Crippen LogP contribution in [-0.2, 0) is 28.6 Å². The summed E-state index contributed by atoms with van der Waals surface area (Å²) in [5.41, 5.74) is 0. The van der Waals surface area contributed by atoms with Crippen molar-refractivity contribution in [2.45, 2.75) is 322 Å². The molecule has 0 aromatic rings. The molecule has 6 heteroatoms. The Labute approximate surface area is 428 Å². The molecular formula is C63H114O6. The van der Waals surface area contributed by atoms with Crippen LogP contribution >= 0.6 is 0 Å². The van der Waals surface area contributed by atoms with E-state index >= 15 is 0 Å². The molecule has 0 fully saturated rings. The lowest BCUT2D eigenvalue weighted by molar-refractivity contribution is -0.167. The molecule has 0 bridgehead atoms. The summed E-state index contributed by atoms with van der Waals surface area (Å²) in [6.07, 6.45) is 71.1.